The van der Waals surface area contributed by atoms with E-state index in [1.165, 1.54) is 24.3 Å². The second-order valence-electron chi connectivity index (χ2n) is 7.09. The highest BCUT2D eigenvalue weighted by Crippen LogP contribution is 2.25. The molecule has 2 aromatic carbocycles. The molecule has 0 saturated carbocycles. The van der Waals surface area contributed by atoms with Crippen LogP contribution in [0.5, 0.6) is 0 Å². The number of benzene rings is 2. The van der Waals surface area contributed by atoms with Gasteiger partial charge in [-0.15, -0.1) is 0 Å². The van der Waals surface area contributed by atoms with Gasteiger partial charge in [-0.05, 0) is 43.2 Å². The minimum Gasteiger partial charge on any atom is -0.455 e. The average molecular weight is 465 g/mol. The van der Waals surface area contributed by atoms with Crippen molar-refractivity contribution in [1.82, 2.24) is 4.31 Å². The summed E-state index contributed by atoms with van der Waals surface area (Å²) in [5, 5.41) is 13.3. The van der Waals surface area contributed by atoms with E-state index >= 15 is 0 Å². The number of nitrogens with one attached hydrogen (secondary N) is 1. The van der Waals surface area contributed by atoms with Crippen LogP contribution in [0.1, 0.15) is 12.8 Å². The number of rotatable bonds is 7. The minimum absolute atomic E-state index is 0.0345. The molecule has 1 aliphatic heterocycles. The van der Waals surface area contributed by atoms with Crippen molar-refractivity contribution in [2.24, 2.45) is 5.92 Å². The zero-order valence-electron chi connectivity index (χ0n) is 16.8. The molecule has 1 atom stereocenters. The summed E-state index contributed by atoms with van der Waals surface area (Å²) in [6.07, 6.45) is 0.780. The number of halogens is 1. The highest BCUT2D eigenvalue weighted by atomic mass is 32.2. The lowest BCUT2D eigenvalue weighted by molar-refractivity contribution is -0.383. The fourth-order valence-electron chi connectivity index (χ4n) is 3.29. The van der Waals surface area contributed by atoms with Crippen LogP contribution in [0.4, 0.5) is 15.8 Å². The van der Waals surface area contributed by atoms with Gasteiger partial charge in [0.2, 0.25) is 10.0 Å². The first-order valence-corrected chi connectivity index (χ1v) is 11.1. The summed E-state index contributed by atoms with van der Waals surface area (Å²) in [6.45, 7) is -0.613. The molecule has 0 aromatic heterocycles. The third-order valence-electron chi connectivity index (χ3n) is 4.89. The van der Waals surface area contributed by atoms with Crippen molar-refractivity contribution >= 4 is 33.3 Å². The SMILES string of the molecule is O=C(COC(=O)C1CCCN(S(=O)(=O)c2ccc(F)cc2)C1)Nc1ccccc1[N+](=O)[O-]. The molecule has 1 heterocycles. The van der Waals surface area contributed by atoms with Gasteiger partial charge < -0.3 is 10.1 Å². The average Bonchev–Trinajstić information content (AvgIpc) is 2.78. The second-order valence-corrected chi connectivity index (χ2v) is 9.02. The van der Waals surface area contributed by atoms with Crippen molar-refractivity contribution in [3.8, 4) is 0 Å². The second kappa shape index (κ2) is 9.83. The Labute approximate surface area is 183 Å². The van der Waals surface area contributed by atoms with E-state index in [9.17, 15) is 32.5 Å². The lowest BCUT2D eigenvalue weighted by Gasteiger charge is -2.30. The Kier molecular flexibility index (Phi) is 7.15. The number of sulfonamides is 1. The van der Waals surface area contributed by atoms with Crippen molar-refractivity contribution in [2.45, 2.75) is 17.7 Å². The van der Waals surface area contributed by atoms with E-state index in [2.05, 4.69) is 5.32 Å². The Morgan fingerprint density at radius 1 is 1.19 bits per heavy atom. The number of hydrogen-bond donors (Lipinski definition) is 1. The van der Waals surface area contributed by atoms with E-state index in [1.807, 2.05) is 0 Å². The summed E-state index contributed by atoms with van der Waals surface area (Å²) in [7, 11) is -3.91. The van der Waals surface area contributed by atoms with Crippen LogP contribution in [0.3, 0.4) is 0 Å². The number of carbonyl (C=O) groups is 2. The standard InChI is InChI=1S/C20H20FN3O7S/c21-15-7-9-16(10-8-15)32(29,30)23-11-3-4-14(12-23)20(26)31-13-19(25)22-17-5-1-2-6-18(17)24(27)28/h1-2,5-10,14H,3-4,11-13H2,(H,22,25). The van der Waals surface area contributed by atoms with E-state index in [0.717, 1.165) is 28.6 Å². The maximum atomic E-state index is 13.1. The summed E-state index contributed by atoms with van der Waals surface area (Å²) < 4.78 is 44.7. The van der Waals surface area contributed by atoms with Crippen LogP contribution in [-0.4, -0.2) is 49.2 Å². The van der Waals surface area contributed by atoms with E-state index < -0.39 is 45.2 Å². The predicted molar refractivity (Wildman–Crippen MR) is 111 cm³/mol. The summed E-state index contributed by atoms with van der Waals surface area (Å²) in [5.41, 5.74) is -0.339. The Bertz CT molecular complexity index is 1120. The quantitative estimate of drug-likeness (QED) is 0.376. The maximum Gasteiger partial charge on any atom is 0.310 e. The molecule has 1 amide bonds. The monoisotopic (exact) mass is 465 g/mol. The van der Waals surface area contributed by atoms with Crippen molar-refractivity contribution in [1.29, 1.82) is 0 Å². The molecule has 2 aromatic rings. The largest absolute Gasteiger partial charge is 0.455 e. The zero-order valence-corrected chi connectivity index (χ0v) is 17.6. The summed E-state index contributed by atoms with van der Waals surface area (Å²) in [4.78, 5) is 34.7. The van der Waals surface area contributed by atoms with Gasteiger partial charge in [0, 0.05) is 19.2 Å². The normalized spacial score (nSPS) is 16.8. The number of nitrogens with zero attached hydrogens (tertiary/aromatic N) is 2. The zero-order chi connectivity index (χ0) is 23.3. The van der Waals surface area contributed by atoms with Gasteiger partial charge in [0.15, 0.2) is 6.61 Å². The molecule has 170 valence electrons. The molecule has 10 nitrogen and oxygen atoms in total. The van der Waals surface area contributed by atoms with Crippen molar-refractivity contribution in [3.63, 3.8) is 0 Å². The number of para-hydroxylation sites is 2. The number of ether oxygens (including phenoxy) is 1. The van der Waals surface area contributed by atoms with Crippen molar-refractivity contribution in [2.75, 3.05) is 25.0 Å². The fraction of sp³-hybridized carbons (Fsp3) is 0.300. The molecular weight excluding hydrogens is 445 g/mol. The topological polar surface area (TPSA) is 136 Å². The van der Waals surface area contributed by atoms with Crippen LogP contribution in [0.2, 0.25) is 0 Å². The maximum absolute atomic E-state index is 13.1. The fourth-order valence-corrected chi connectivity index (χ4v) is 4.81. The first-order valence-electron chi connectivity index (χ1n) is 9.64. The lowest BCUT2D eigenvalue weighted by atomic mass is 10.00. The molecule has 0 spiro atoms. The Morgan fingerprint density at radius 3 is 2.56 bits per heavy atom. The Hall–Kier alpha value is -3.38. The third kappa shape index (κ3) is 5.45. The number of nitro benzene ring substituents is 1. The van der Waals surface area contributed by atoms with Crippen LogP contribution in [0.25, 0.3) is 0 Å². The molecule has 0 radical (unpaired) electrons. The van der Waals surface area contributed by atoms with Gasteiger partial charge in [-0.3, -0.25) is 19.7 Å². The van der Waals surface area contributed by atoms with Gasteiger partial charge >= 0.3 is 5.97 Å². The van der Waals surface area contributed by atoms with Gasteiger partial charge in [0.1, 0.15) is 11.5 Å². The van der Waals surface area contributed by atoms with E-state index in [4.69, 9.17) is 4.74 Å². The predicted octanol–water partition coefficient (Wildman–Crippen LogP) is 2.32. The van der Waals surface area contributed by atoms with Gasteiger partial charge in [-0.25, -0.2) is 12.8 Å². The molecule has 0 aliphatic carbocycles. The van der Waals surface area contributed by atoms with Crippen LogP contribution >= 0.6 is 0 Å². The Balaban J connectivity index is 1.58. The molecular formula is C20H20FN3O7S. The molecule has 1 N–H and O–H groups in total. The molecule has 0 bridgehead atoms. The number of hydrogen-bond acceptors (Lipinski definition) is 7. The van der Waals surface area contributed by atoms with Gasteiger partial charge in [-0.1, -0.05) is 12.1 Å². The molecule has 12 heteroatoms. The van der Waals surface area contributed by atoms with Crippen molar-refractivity contribution in [3.05, 3.63) is 64.5 Å². The van der Waals surface area contributed by atoms with Crippen LogP contribution in [0, 0.1) is 21.8 Å². The summed E-state index contributed by atoms with van der Waals surface area (Å²) in [6, 6.07) is 9.91. The van der Waals surface area contributed by atoms with E-state index in [-0.39, 0.29) is 29.4 Å². The summed E-state index contributed by atoms with van der Waals surface area (Å²) >= 11 is 0. The van der Waals surface area contributed by atoms with Gasteiger partial charge in [-0.2, -0.15) is 4.31 Å². The number of carbonyl (C=O) groups excluding carboxylic acids is 2. The Morgan fingerprint density at radius 2 is 1.88 bits per heavy atom. The van der Waals surface area contributed by atoms with Gasteiger partial charge in [0.25, 0.3) is 11.6 Å². The van der Waals surface area contributed by atoms with Gasteiger partial charge in [0.05, 0.1) is 15.7 Å². The van der Waals surface area contributed by atoms with Crippen LogP contribution in [-0.2, 0) is 24.3 Å². The smallest absolute Gasteiger partial charge is 0.310 e. The molecule has 1 saturated heterocycles. The number of piperidine rings is 1. The van der Waals surface area contributed by atoms with E-state index in [0.29, 0.717) is 12.8 Å². The first kappa shape index (κ1) is 23.3. The molecule has 1 fully saturated rings. The lowest BCUT2D eigenvalue weighted by Crippen LogP contribution is -2.43. The minimum atomic E-state index is -3.91. The molecule has 1 unspecified atom stereocenters. The highest BCUT2D eigenvalue weighted by molar-refractivity contribution is 7.89. The molecule has 1 aliphatic rings. The first-order chi connectivity index (χ1) is 15.2. The number of esters is 1. The van der Waals surface area contributed by atoms with Crippen LogP contribution in [0.15, 0.2) is 53.4 Å². The number of amides is 1. The van der Waals surface area contributed by atoms with E-state index in [1.54, 1.807) is 0 Å². The molecule has 32 heavy (non-hydrogen) atoms. The number of anilines is 1. The van der Waals surface area contributed by atoms with Crippen LogP contribution < -0.4 is 5.32 Å². The molecule has 3 rings (SSSR count). The highest BCUT2D eigenvalue weighted by Gasteiger charge is 2.34. The van der Waals surface area contributed by atoms with Crippen molar-refractivity contribution < 1.29 is 32.1 Å². The third-order valence-corrected chi connectivity index (χ3v) is 6.77. The number of nitro groups is 1. The summed E-state index contributed by atoms with van der Waals surface area (Å²) in [5.74, 6) is -2.86.